The molecule has 4 rings (SSSR count). The molecule has 30 heavy (non-hydrogen) atoms. The number of fused-ring (bicyclic) bond motifs is 1. The Bertz CT molecular complexity index is 1290. The van der Waals surface area contributed by atoms with Gasteiger partial charge in [-0.2, -0.15) is 0 Å². The number of benzene rings is 3. The van der Waals surface area contributed by atoms with Crippen molar-refractivity contribution in [1.82, 2.24) is 5.43 Å². The SMILES string of the molecule is O=[N+]([O-])c1ccc(-c2cc3ccccc3o/c2=N/NC(=S)Nc2ccccc2)cc1. The van der Waals surface area contributed by atoms with Gasteiger partial charge in [0.15, 0.2) is 5.11 Å². The van der Waals surface area contributed by atoms with Crippen molar-refractivity contribution < 1.29 is 9.34 Å². The van der Waals surface area contributed by atoms with Crippen LogP contribution in [0.3, 0.4) is 0 Å². The Morgan fingerprint density at radius 3 is 2.40 bits per heavy atom. The second kappa shape index (κ2) is 8.54. The number of nitrogens with zero attached hydrogens (tertiary/aromatic N) is 2. The highest BCUT2D eigenvalue weighted by molar-refractivity contribution is 7.80. The predicted octanol–water partition coefficient (Wildman–Crippen LogP) is 4.81. The molecule has 8 heteroatoms. The van der Waals surface area contributed by atoms with Gasteiger partial charge in [-0.05, 0) is 54.2 Å². The Kier molecular flexibility index (Phi) is 5.49. The highest BCUT2D eigenvalue weighted by Crippen LogP contribution is 2.23. The second-order valence-electron chi connectivity index (χ2n) is 6.35. The summed E-state index contributed by atoms with van der Waals surface area (Å²) >= 11 is 5.30. The molecular weight excluding hydrogens is 400 g/mol. The van der Waals surface area contributed by atoms with E-state index >= 15 is 0 Å². The molecule has 0 amide bonds. The zero-order chi connectivity index (χ0) is 20.9. The summed E-state index contributed by atoms with van der Waals surface area (Å²) in [6, 6.07) is 25.2. The maximum Gasteiger partial charge on any atom is 0.269 e. The highest BCUT2D eigenvalue weighted by Gasteiger charge is 2.10. The average molecular weight is 416 g/mol. The molecule has 2 N–H and O–H groups in total. The quantitative estimate of drug-likeness (QED) is 0.282. The number of anilines is 1. The molecule has 0 saturated heterocycles. The van der Waals surface area contributed by atoms with Crippen molar-refractivity contribution >= 4 is 39.7 Å². The van der Waals surface area contributed by atoms with Crippen LogP contribution in [0.5, 0.6) is 0 Å². The van der Waals surface area contributed by atoms with Crippen molar-refractivity contribution in [1.29, 1.82) is 0 Å². The Balaban J connectivity index is 1.71. The lowest BCUT2D eigenvalue weighted by molar-refractivity contribution is -0.384. The molecule has 0 atom stereocenters. The highest BCUT2D eigenvalue weighted by atomic mass is 32.1. The van der Waals surface area contributed by atoms with Crippen LogP contribution in [-0.4, -0.2) is 10.0 Å². The molecule has 0 aliphatic heterocycles. The fraction of sp³-hybridized carbons (Fsp3) is 0. The lowest BCUT2D eigenvalue weighted by Crippen LogP contribution is -2.26. The number of hydrogen-bond donors (Lipinski definition) is 2. The molecule has 0 unspecified atom stereocenters. The van der Waals surface area contributed by atoms with Crippen LogP contribution in [-0.2, 0) is 0 Å². The largest absolute Gasteiger partial charge is 0.436 e. The van der Waals surface area contributed by atoms with E-state index in [1.54, 1.807) is 12.1 Å². The van der Waals surface area contributed by atoms with E-state index in [9.17, 15) is 10.1 Å². The number of hydrogen-bond acceptors (Lipinski definition) is 5. The molecule has 3 aromatic carbocycles. The van der Waals surface area contributed by atoms with Crippen molar-refractivity contribution in [3.63, 3.8) is 0 Å². The molecule has 0 aliphatic rings. The lowest BCUT2D eigenvalue weighted by atomic mass is 10.1. The number of nitrogens with one attached hydrogen (secondary N) is 2. The molecular formula is C22H16N4O3S. The third-order valence-electron chi connectivity index (χ3n) is 4.34. The summed E-state index contributed by atoms with van der Waals surface area (Å²) in [5.41, 5.74) is 6.02. The normalized spacial score (nSPS) is 11.3. The Morgan fingerprint density at radius 1 is 0.967 bits per heavy atom. The molecule has 0 bridgehead atoms. The van der Waals surface area contributed by atoms with Crippen molar-refractivity contribution in [3.8, 4) is 11.1 Å². The molecule has 0 spiro atoms. The lowest BCUT2D eigenvalue weighted by Gasteiger charge is -2.08. The third-order valence-corrected chi connectivity index (χ3v) is 4.53. The van der Waals surface area contributed by atoms with Crippen molar-refractivity contribution in [2.24, 2.45) is 5.10 Å². The van der Waals surface area contributed by atoms with Crippen LogP contribution in [0.4, 0.5) is 11.4 Å². The fourth-order valence-corrected chi connectivity index (χ4v) is 3.07. The minimum atomic E-state index is -0.435. The van der Waals surface area contributed by atoms with Gasteiger partial charge in [-0.3, -0.25) is 10.1 Å². The van der Waals surface area contributed by atoms with Gasteiger partial charge in [0.25, 0.3) is 5.69 Å². The topological polar surface area (TPSA) is 92.7 Å². The summed E-state index contributed by atoms with van der Waals surface area (Å²) in [5, 5.41) is 19.5. The van der Waals surface area contributed by atoms with E-state index < -0.39 is 4.92 Å². The first-order valence-corrected chi connectivity index (χ1v) is 9.44. The Hall–Kier alpha value is -4.04. The zero-order valence-corrected chi connectivity index (χ0v) is 16.4. The van der Waals surface area contributed by atoms with Crippen LogP contribution in [0.1, 0.15) is 0 Å². The van der Waals surface area contributed by atoms with E-state index in [-0.39, 0.29) is 5.69 Å². The molecule has 0 radical (unpaired) electrons. The zero-order valence-electron chi connectivity index (χ0n) is 15.6. The van der Waals surface area contributed by atoms with Gasteiger partial charge in [-0.25, -0.2) is 5.43 Å². The second-order valence-corrected chi connectivity index (χ2v) is 6.76. The van der Waals surface area contributed by atoms with Crippen molar-refractivity contribution in [2.75, 3.05) is 5.32 Å². The number of nitro groups is 1. The van der Waals surface area contributed by atoms with Gasteiger partial charge in [0.1, 0.15) is 5.58 Å². The summed E-state index contributed by atoms with van der Waals surface area (Å²) in [5.74, 6) is 0. The summed E-state index contributed by atoms with van der Waals surface area (Å²) in [4.78, 5) is 10.5. The van der Waals surface area contributed by atoms with Gasteiger partial charge in [-0.15, -0.1) is 5.10 Å². The summed E-state index contributed by atoms with van der Waals surface area (Å²) in [7, 11) is 0. The Labute approximate surface area is 176 Å². The first-order valence-electron chi connectivity index (χ1n) is 9.04. The molecule has 7 nitrogen and oxygen atoms in total. The van der Waals surface area contributed by atoms with E-state index in [0.29, 0.717) is 21.8 Å². The van der Waals surface area contributed by atoms with E-state index in [0.717, 1.165) is 16.6 Å². The fourth-order valence-electron chi connectivity index (χ4n) is 2.90. The minimum Gasteiger partial charge on any atom is -0.436 e. The van der Waals surface area contributed by atoms with Crippen molar-refractivity contribution in [2.45, 2.75) is 0 Å². The first kappa shape index (κ1) is 19.3. The maximum atomic E-state index is 11.0. The molecule has 0 saturated carbocycles. The number of rotatable bonds is 4. The maximum absolute atomic E-state index is 11.0. The standard InChI is InChI=1S/C22H16N4O3S/c27-26(28)18-12-10-15(11-13-18)19-14-16-6-4-5-9-20(16)29-21(19)24-25-22(30)23-17-7-2-1-3-8-17/h1-14H,(H2,23,25,30)/b24-21+. The van der Waals surface area contributed by atoms with Gasteiger partial charge in [0, 0.05) is 28.8 Å². The number of non-ortho nitro benzene ring substituents is 1. The smallest absolute Gasteiger partial charge is 0.269 e. The summed E-state index contributed by atoms with van der Waals surface area (Å²) < 4.78 is 5.98. The molecule has 4 aromatic rings. The van der Waals surface area contributed by atoms with E-state index in [2.05, 4.69) is 15.8 Å². The van der Waals surface area contributed by atoms with Crippen LogP contribution in [0.15, 0.2) is 94.4 Å². The van der Waals surface area contributed by atoms with Gasteiger partial charge in [0.2, 0.25) is 5.55 Å². The summed E-state index contributed by atoms with van der Waals surface area (Å²) in [6.07, 6.45) is 0. The van der Waals surface area contributed by atoms with Crippen LogP contribution in [0.2, 0.25) is 0 Å². The average Bonchev–Trinajstić information content (AvgIpc) is 2.78. The predicted molar refractivity (Wildman–Crippen MR) is 120 cm³/mol. The van der Waals surface area contributed by atoms with Crippen LogP contribution < -0.4 is 16.3 Å². The van der Waals surface area contributed by atoms with Gasteiger partial charge in [0.05, 0.1) is 4.92 Å². The molecule has 1 aromatic heterocycles. The molecule has 0 fully saturated rings. The monoisotopic (exact) mass is 416 g/mol. The number of para-hydroxylation sites is 2. The minimum absolute atomic E-state index is 0.0151. The van der Waals surface area contributed by atoms with E-state index in [1.807, 2.05) is 60.7 Å². The van der Waals surface area contributed by atoms with Gasteiger partial charge in [-0.1, -0.05) is 36.4 Å². The van der Waals surface area contributed by atoms with Gasteiger partial charge < -0.3 is 9.73 Å². The first-order chi connectivity index (χ1) is 14.6. The van der Waals surface area contributed by atoms with Gasteiger partial charge >= 0.3 is 0 Å². The molecule has 1 heterocycles. The number of nitro benzene ring substituents is 1. The number of thiocarbonyl (C=S) groups is 1. The van der Waals surface area contributed by atoms with Crippen LogP contribution in [0.25, 0.3) is 22.1 Å². The summed E-state index contributed by atoms with van der Waals surface area (Å²) in [6.45, 7) is 0. The van der Waals surface area contributed by atoms with E-state index in [4.69, 9.17) is 16.6 Å². The Morgan fingerprint density at radius 2 is 1.67 bits per heavy atom. The third kappa shape index (κ3) is 4.34. The van der Waals surface area contributed by atoms with Crippen LogP contribution >= 0.6 is 12.2 Å². The van der Waals surface area contributed by atoms with Crippen molar-refractivity contribution in [3.05, 3.63) is 101 Å². The van der Waals surface area contributed by atoms with E-state index in [1.165, 1.54) is 12.1 Å². The molecule has 0 aliphatic carbocycles. The molecule has 148 valence electrons. The van der Waals surface area contributed by atoms with Crippen LogP contribution in [0, 0.1) is 10.1 Å².